The van der Waals surface area contributed by atoms with Crippen LogP contribution in [0.25, 0.3) is 22.2 Å². The number of methoxy groups -OCH3 is 1. The molecule has 1 aromatic carbocycles. The van der Waals surface area contributed by atoms with Gasteiger partial charge in [-0.2, -0.15) is 0 Å². The number of para-hydroxylation sites is 1. The van der Waals surface area contributed by atoms with Crippen molar-refractivity contribution in [3.8, 4) is 17.1 Å². The number of aromatic amines is 1. The number of fused-ring (bicyclic) bond motifs is 1. The summed E-state index contributed by atoms with van der Waals surface area (Å²) in [7, 11) is 3.37. The number of aryl methyl sites for hydroxylation is 2. The van der Waals surface area contributed by atoms with Crippen molar-refractivity contribution < 1.29 is 9.53 Å². The van der Waals surface area contributed by atoms with Gasteiger partial charge in [0.1, 0.15) is 5.69 Å². The van der Waals surface area contributed by atoms with Crippen molar-refractivity contribution in [2.24, 2.45) is 7.05 Å². The van der Waals surface area contributed by atoms with Crippen molar-refractivity contribution >= 4 is 34.6 Å². The van der Waals surface area contributed by atoms with Crippen molar-refractivity contribution in [2.45, 2.75) is 6.92 Å². The summed E-state index contributed by atoms with van der Waals surface area (Å²) in [5.74, 6) is 0.897. The number of ether oxygens (including phenoxy) is 1. The van der Waals surface area contributed by atoms with Crippen LogP contribution in [0.2, 0.25) is 0 Å². The number of anilines is 3. The van der Waals surface area contributed by atoms with Crippen LogP contribution in [0.1, 0.15) is 5.56 Å². The van der Waals surface area contributed by atoms with E-state index in [9.17, 15) is 4.79 Å². The Morgan fingerprint density at radius 2 is 2.14 bits per heavy atom. The molecule has 4 aromatic rings. The smallest absolute Gasteiger partial charge is 0.256 e. The fourth-order valence-electron chi connectivity index (χ4n) is 3.13. The van der Waals surface area contributed by atoms with E-state index in [4.69, 9.17) is 9.72 Å². The molecule has 0 unspecified atom stereocenters. The van der Waals surface area contributed by atoms with Gasteiger partial charge in [0, 0.05) is 30.4 Å². The molecule has 142 valence electrons. The highest BCUT2D eigenvalue weighted by atomic mass is 16.5. The molecule has 3 heterocycles. The zero-order valence-electron chi connectivity index (χ0n) is 15.6. The van der Waals surface area contributed by atoms with Crippen LogP contribution in [0.15, 0.2) is 36.8 Å². The molecule has 4 rings (SSSR count). The highest BCUT2D eigenvalue weighted by Crippen LogP contribution is 2.33. The van der Waals surface area contributed by atoms with E-state index in [1.54, 1.807) is 24.2 Å². The Morgan fingerprint density at radius 1 is 1.29 bits per heavy atom. The van der Waals surface area contributed by atoms with Crippen LogP contribution in [0.3, 0.4) is 0 Å². The summed E-state index contributed by atoms with van der Waals surface area (Å²) in [4.78, 5) is 23.1. The molecule has 0 aliphatic heterocycles. The SMILES string of the molecule is COc1nn(C)cc1Nc1ncc(C)c(-c2c[nH]c3c(NC=O)cccc23)n1. The van der Waals surface area contributed by atoms with Gasteiger partial charge in [-0.15, -0.1) is 5.10 Å². The third kappa shape index (κ3) is 3.02. The van der Waals surface area contributed by atoms with Gasteiger partial charge in [-0.1, -0.05) is 12.1 Å². The Bertz CT molecular complexity index is 1160. The quantitative estimate of drug-likeness (QED) is 0.446. The maximum atomic E-state index is 10.9. The summed E-state index contributed by atoms with van der Waals surface area (Å²) in [5, 5.41) is 11.0. The Balaban J connectivity index is 1.77. The summed E-state index contributed by atoms with van der Waals surface area (Å²) in [6.07, 6.45) is 6.10. The lowest BCUT2D eigenvalue weighted by molar-refractivity contribution is -0.105. The van der Waals surface area contributed by atoms with Crippen LogP contribution in [-0.2, 0) is 11.8 Å². The van der Waals surface area contributed by atoms with E-state index >= 15 is 0 Å². The Kier molecular flexibility index (Phi) is 4.40. The lowest BCUT2D eigenvalue weighted by atomic mass is 10.1. The first kappa shape index (κ1) is 17.5. The first-order chi connectivity index (χ1) is 13.6. The number of aromatic nitrogens is 5. The first-order valence-electron chi connectivity index (χ1n) is 8.59. The second kappa shape index (κ2) is 7.03. The number of rotatable bonds is 6. The predicted octanol–water partition coefficient (Wildman–Crippen LogP) is 2.99. The van der Waals surface area contributed by atoms with Gasteiger partial charge in [0.25, 0.3) is 5.88 Å². The van der Waals surface area contributed by atoms with Gasteiger partial charge >= 0.3 is 0 Å². The molecule has 0 fully saturated rings. The van der Waals surface area contributed by atoms with Gasteiger partial charge in [-0.25, -0.2) is 9.97 Å². The van der Waals surface area contributed by atoms with Crippen molar-refractivity contribution in [2.75, 3.05) is 17.7 Å². The third-order valence-electron chi connectivity index (χ3n) is 4.39. The van der Waals surface area contributed by atoms with E-state index in [2.05, 4.69) is 25.7 Å². The molecular weight excluding hydrogens is 358 g/mol. The van der Waals surface area contributed by atoms with Gasteiger partial charge < -0.3 is 20.4 Å². The molecule has 0 saturated heterocycles. The molecule has 3 aromatic heterocycles. The van der Waals surface area contributed by atoms with Crippen LogP contribution in [0, 0.1) is 6.92 Å². The van der Waals surface area contributed by atoms with E-state index in [1.807, 2.05) is 38.4 Å². The number of hydrogen-bond acceptors (Lipinski definition) is 6. The summed E-state index contributed by atoms with van der Waals surface area (Å²) < 4.78 is 6.92. The lowest BCUT2D eigenvalue weighted by Crippen LogP contribution is -2.00. The van der Waals surface area contributed by atoms with Crippen LogP contribution in [-0.4, -0.2) is 38.3 Å². The molecule has 28 heavy (non-hydrogen) atoms. The molecular formula is C19H19N7O2. The van der Waals surface area contributed by atoms with E-state index < -0.39 is 0 Å². The van der Waals surface area contributed by atoms with Crippen molar-refractivity contribution in [1.82, 2.24) is 24.7 Å². The van der Waals surface area contributed by atoms with E-state index in [0.29, 0.717) is 29.6 Å². The number of H-pyrrole nitrogens is 1. The molecule has 0 saturated carbocycles. The Morgan fingerprint density at radius 3 is 2.93 bits per heavy atom. The summed E-state index contributed by atoms with van der Waals surface area (Å²) in [6.45, 7) is 1.95. The fourth-order valence-corrected chi connectivity index (χ4v) is 3.13. The minimum absolute atomic E-state index is 0.434. The van der Waals surface area contributed by atoms with E-state index in [0.717, 1.165) is 27.7 Å². The van der Waals surface area contributed by atoms with Gasteiger partial charge in [0.05, 0.1) is 30.2 Å². The normalized spacial score (nSPS) is 10.8. The van der Waals surface area contributed by atoms with Crippen molar-refractivity contribution in [3.63, 3.8) is 0 Å². The highest BCUT2D eigenvalue weighted by molar-refractivity contribution is 6.03. The molecule has 0 aliphatic carbocycles. The van der Waals surface area contributed by atoms with Crippen molar-refractivity contribution in [1.29, 1.82) is 0 Å². The molecule has 0 aliphatic rings. The lowest BCUT2D eigenvalue weighted by Gasteiger charge is -2.08. The topological polar surface area (TPSA) is 110 Å². The first-order valence-corrected chi connectivity index (χ1v) is 8.59. The van der Waals surface area contributed by atoms with Gasteiger partial charge in [-0.3, -0.25) is 9.48 Å². The highest BCUT2D eigenvalue weighted by Gasteiger charge is 2.15. The molecule has 1 amide bonds. The van der Waals surface area contributed by atoms with Gasteiger partial charge in [0.2, 0.25) is 12.4 Å². The predicted molar refractivity (Wildman–Crippen MR) is 107 cm³/mol. The number of nitrogens with one attached hydrogen (secondary N) is 3. The second-order valence-electron chi connectivity index (χ2n) is 6.27. The van der Waals surface area contributed by atoms with Crippen LogP contribution in [0.4, 0.5) is 17.3 Å². The molecule has 9 nitrogen and oxygen atoms in total. The number of benzene rings is 1. The standard InChI is InChI=1S/C19H19N7O2/c1-11-7-21-19(23-15-9-26(2)25-18(15)28-3)24-16(11)13-8-20-17-12(13)5-4-6-14(17)22-10-27/h4-10,20H,1-3H3,(H,22,27)(H,21,23,24). The number of hydrogen-bond donors (Lipinski definition) is 3. The summed E-state index contributed by atoms with van der Waals surface area (Å²) >= 11 is 0. The molecule has 3 N–H and O–H groups in total. The molecule has 0 atom stereocenters. The minimum Gasteiger partial charge on any atom is -0.478 e. The summed E-state index contributed by atoms with van der Waals surface area (Å²) in [5.41, 5.74) is 4.87. The number of amides is 1. The largest absolute Gasteiger partial charge is 0.478 e. The Labute approximate surface area is 160 Å². The number of carbonyl (C=O) groups excluding carboxylic acids is 1. The van der Waals surface area contributed by atoms with Crippen LogP contribution < -0.4 is 15.4 Å². The van der Waals surface area contributed by atoms with Crippen molar-refractivity contribution in [3.05, 3.63) is 42.4 Å². The Hall–Kier alpha value is -3.88. The average Bonchev–Trinajstić information content (AvgIpc) is 3.27. The maximum Gasteiger partial charge on any atom is 0.256 e. The van der Waals surface area contributed by atoms with Gasteiger partial charge in [0.15, 0.2) is 0 Å². The number of carbonyl (C=O) groups is 1. The number of nitrogens with zero attached hydrogens (tertiary/aromatic N) is 4. The van der Waals surface area contributed by atoms with Crippen LogP contribution >= 0.6 is 0 Å². The van der Waals surface area contributed by atoms with Crippen LogP contribution in [0.5, 0.6) is 5.88 Å². The monoisotopic (exact) mass is 377 g/mol. The molecule has 9 heteroatoms. The molecule has 0 spiro atoms. The third-order valence-corrected chi connectivity index (χ3v) is 4.39. The maximum absolute atomic E-state index is 10.9. The zero-order chi connectivity index (χ0) is 19.7. The average molecular weight is 377 g/mol. The second-order valence-corrected chi connectivity index (χ2v) is 6.27. The minimum atomic E-state index is 0.434. The fraction of sp³-hybridized carbons (Fsp3) is 0.158. The molecule has 0 radical (unpaired) electrons. The zero-order valence-corrected chi connectivity index (χ0v) is 15.6. The van der Waals surface area contributed by atoms with E-state index in [-0.39, 0.29) is 0 Å². The summed E-state index contributed by atoms with van der Waals surface area (Å²) in [6, 6.07) is 5.71. The van der Waals surface area contributed by atoms with E-state index in [1.165, 1.54) is 0 Å². The van der Waals surface area contributed by atoms with Gasteiger partial charge in [-0.05, 0) is 18.6 Å². The molecule has 0 bridgehead atoms.